The molecular formula is C42H30N8O. The van der Waals surface area contributed by atoms with Gasteiger partial charge in [0.05, 0.1) is 0 Å². The zero-order valence-corrected chi connectivity index (χ0v) is 27.2. The minimum atomic E-state index is 0.695. The third kappa shape index (κ3) is 5.48. The van der Waals surface area contributed by atoms with E-state index in [1.54, 1.807) is 0 Å². The van der Waals surface area contributed by atoms with E-state index in [-0.39, 0.29) is 0 Å². The molecular weight excluding hydrogens is 633 g/mol. The Morgan fingerprint density at radius 2 is 0.784 bits per heavy atom. The molecule has 9 nitrogen and oxygen atoms in total. The molecule has 0 saturated heterocycles. The Morgan fingerprint density at radius 3 is 1.16 bits per heavy atom. The highest BCUT2D eigenvalue weighted by atomic mass is 16.1. The zero-order valence-electron chi connectivity index (χ0n) is 27.2. The standard InChI is InChI=1S/C42H30N8O/c51-25-46-30-3-1-2-29(24-30)42-37-10-8-35(49-37)40(27-14-20-44-21-15-27)33-6-4-31(47-33)39(26-12-18-43-19-13-26)32-5-7-34(48-32)41(28-16-22-45-23-17-28)36-9-11-38(42)50-36/h1-25,47-50H,(H,46,51). The Balaban J connectivity index is 1.43. The summed E-state index contributed by atoms with van der Waals surface area (Å²) in [5, 5.41) is 6.54. The minimum absolute atomic E-state index is 0.695. The maximum Gasteiger partial charge on any atom is 0.211 e. The van der Waals surface area contributed by atoms with Crippen LogP contribution in [0.2, 0.25) is 0 Å². The fourth-order valence-electron chi connectivity index (χ4n) is 6.96. The van der Waals surface area contributed by atoms with Crippen LogP contribution in [-0.2, 0) is 4.79 Å². The van der Waals surface area contributed by atoms with Gasteiger partial charge in [0, 0.05) is 109 Å². The average Bonchev–Trinajstić information content (AvgIpc) is 4.01. The highest BCUT2D eigenvalue weighted by Gasteiger charge is 2.18. The Labute approximate surface area is 291 Å². The number of hydrogen-bond acceptors (Lipinski definition) is 4. The number of anilines is 1. The van der Waals surface area contributed by atoms with Crippen molar-refractivity contribution in [3.63, 3.8) is 0 Å². The van der Waals surface area contributed by atoms with E-state index >= 15 is 0 Å². The van der Waals surface area contributed by atoms with Crippen LogP contribution in [0.25, 0.3) is 22.3 Å². The summed E-state index contributed by atoms with van der Waals surface area (Å²) >= 11 is 0. The van der Waals surface area contributed by atoms with E-state index < -0.39 is 0 Å². The lowest BCUT2D eigenvalue weighted by Gasteiger charge is -2.10. The molecule has 7 aromatic heterocycles. The van der Waals surface area contributed by atoms with Crippen LogP contribution in [-0.4, -0.2) is 41.3 Å². The van der Waals surface area contributed by atoms with Crippen LogP contribution in [0.1, 0.15) is 45.0 Å². The van der Waals surface area contributed by atoms with Crippen LogP contribution < -0.4 is 26.7 Å². The Morgan fingerprint density at radius 1 is 0.412 bits per heavy atom. The van der Waals surface area contributed by atoms with Gasteiger partial charge in [0.15, 0.2) is 0 Å². The SMILES string of the molecule is O=CNc1cccc(C2=c3ccc([nH]3)=C(c3ccncc3)c3ccc([nH]3)C(c3ccncc3)=c3ccc([nH]3)=C(c3ccncc3)c3ccc2[nH]3)c1. The van der Waals surface area contributed by atoms with Crippen molar-refractivity contribution >= 4 is 34.4 Å². The average molecular weight is 663 g/mol. The number of carbonyl (C=O) groups is 1. The van der Waals surface area contributed by atoms with Crippen LogP contribution in [0.15, 0.2) is 146 Å². The molecule has 8 aromatic rings. The molecule has 1 aromatic carbocycles. The fourth-order valence-corrected chi connectivity index (χ4v) is 6.96. The normalized spacial score (nSPS) is 12.6. The number of benzene rings is 1. The lowest BCUT2D eigenvalue weighted by atomic mass is 10.0. The molecule has 51 heavy (non-hydrogen) atoms. The number of nitrogens with one attached hydrogen (secondary N) is 5. The second-order valence-corrected chi connectivity index (χ2v) is 12.2. The summed E-state index contributed by atoms with van der Waals surface area (Å²) in [5.74, 6) is 0. The van der Waals surface area contributed by atoms with Gasteiger partial charge >= 0.3 is 0 Å². The molecule has 0 atom stereocenters. The number of carbonyl (C=O) groups excluding carboxylic acids is 1. The summed E-state index contributed by atoms with van der Waals surface area (Å²) in [7, 11) is 0. The van der Waals surface area contributed by atoms with Gasteiger partial charge in [-0.3, -0.25) is 19.7 Å². The fraction of sp³-hybridized carbons (Fsp3) is 0. The number of aromatic amines is 4. The van der Waals surface area contributed by atoms with Crippen LogP contribution in [0, 0.1) is 0 Å². The van der Waals surface area contributed by atoms with Crippen molar-refractivity contribution in [1.29, 1.82) is 0 Å². The molecule has 9 rings (SSSR count). The molecule has 1 aliphatic heterocycles. The highest BCUT2D eigenvalue weighted by Crippen LogP contribution is 2.28. The summed E-state index contributed by atoms with van der Waals surface area (Å²) in [4.78, 5) is 39.4. The number of fused-ring (bicyclic) bond motifs is 8. The van der Waals surface area contributed by atoms with Gasteiger partial charge in [-0.25, -0.2) is 0 Å². The van der Waals surface area contributed by atoms with Crippen molar-refractivity contribution in [2.45, 2.75) is 0 Å². The van der Waals surface area contributed by atoms with E-state index in [4.69, 9.17) is 0 Å². The monoisotopic (exact) mass is 662 g/mol. The molecule has 1 aliphatic rings. The van der Waals surface area contributed by atoms with E-state index in [1.807, 2.05) is 91.8 Å². The molecule has 0 radical (unpaired) electrons. The van der Waals surface area contributed by atoms with Crippen LogP contribution in [0.4, 0.5) is 5.69 Å². The number of hydrogen-bond donors (Lipinski definition) is 5. The van der Waals surface area contributed by atoms with Gasteiger partial charge in [-0.2, -0.15) is 0 Å². The number of pyridine rings is 3. The van der Waals surface area contributed by atoms with Crippen molar-refractivity contribution < 1.29 is 4.79 Å². The number of aromatic nitrogens is 7. The highest BCUT2D eigenvalue weighted by molar-refractivity contribution is 5.85. The maximum absolute atomic E-state index is 11.4. The van der Waals surface area contributed by atoms with Crippen molar-refractivity contribution in [3.05, 3.63) is 213 Å². The van der Waals surface area contributed by atoms with Gasteiger partial charge in [-0.1, -0.05) is 12.1 Å². The number of amides is 1. The Kier molecular flexibility index (Phi) is 7.40. The predicted molar refractivity (Wildman–Crippen MR) is 197 cm³/mol. The predicted octanol–water partition coefficient (Wildman–Crippen LogP) is 4.05. The van der Waals surface area contributed by atoms with Gasteiger partial charge < -0.3 is 25.3 Å². The van der Waals surface area contributed by atoms with Crippen molar-refractivity contribution in [2.24, 2.45) is 0 Å². The van der Waals surface area contributed by atoms with Gasteiger partial charge in [0.1, 0.15) is 0 Å². The minimum Gasteiger partial charge on any atom is -0.354 e. The first-order valence-corrected chi connectivity index (χ1v) is 16.5. The number of rotatable bonds is 6. The first kappa shape index (κ1) is 29.8. The second kappa shape index (κ2) is 12.6. The van der Waals surface area contributed by atoms with Crippen molar-refractivity contribution in [1.82, 2.24) is 34.9 Å². The summed E-state index contributed by atoms with van der Waals surface area (Å²) < 4.78 is 0. The Hall–Kier alpha value is -7.26. The van der Waals surface area contributed by atoms with Crippen LogP contribution >= 0.6 is 0 Å². The second-order valence-electron chi connectivity index (χ2n) is 12.2. The van der Waals surface area contributed by atoms with Crippen molar-refractivity contribution in [3.8, 4) is 0 Å². The Bertz CT molecular complexity index is 2790. The molecule has 9 heteroatoms. The summed E-state index contributed by atoms with van der Waals surface area (Å²) in [6, 6.07) is 36.9. The number of H-pyrrole nitrogens is 4. The maximum atomic E-state index is 11.4. The molecule has 0 saturated carbocycles. The molecule has 244 valence electrons. The van der Waals surface area contributed by atoms with E-state index in [2.05, 4.69) is 94.8 Å². The molecule has 0 fully saturated rings. The molecule has 0 unspecified atom stereocenters. The molecule has 0 aliphatic carbocycles. The first-order valence-electron chi connectivity index (χ1n) is 16.5. The molecule has 1 amide bonds. The molecule has 8 heterocycles. The van der Waals surface area contributed by atoms with Gasteiger partial charge in [0.25, 0.3) is 0 Å². The summed E-state index contributed by atoms with van der Waals surface area (Å²) in [6.45, 7) is 0. The third-order valence-corrected chi connectivity index (χ3v) is 9.18. The van der Waals surface area contributed by atoms with E-state index in [0.717, 1.165) is 88.7 Å². The van der Waals surface area contributed by atoms with Gasteiger partial charge in [-0.15, -0.1) is 0 Å². The van der Waals surface area contributed by atoms with Gasteiger partial charge in [0.2, 0.25) is 6.41 Å². The summed E-state index contributed by atoms with van der Waals surface area (Å²) in [5.41, 5.74) is 12.4. The third-order valence-electron chi connectivity index (χ3n) is 9.18. The largest absolute Gasteiger partial charge is 0.354 e. The van der Waals surface area contributed by atoms with Gasteiger partial charge in [-0.05, 0) is 119 Å². The van der Waals surface area contributed by atoms with Crippen LogP contribution in [0.3, 0.4) is 0 Å². The lowest BCUT2D eigenvalue weighted by Crippen LogP contribution is -2.19. The van der Waals surface area contributed by atoms with Crippen molar-refractivity contribution in [2.75, 3.05) is 5.32 Å². The topological polar surface area (TPSA) is 131 Å². The van der Waals surface area contributed by atoms with E-state index in [0.29, 0.717) is 12.1 Å². The molecule has 8 bridgehead atoms. The van der Waals surface area contributed by atoms with E-state index in [9.17, 15) is 4.79 Å². The van der Waals surface area contributed by atoms with E-state index in [1.165, 1.54) is 0 Å². The quantitative estimate of drug-likeness (QED) is 0.172. The number of nitrogens with zero attached hydrogens (tertiary/aromatic N) is 3. The van der Waals surface area contributed by atoms with Crippen LogP contribution in [0.5, 0.6) is 0 Å². The molecule has 0 spiro atoms. The molecule has 5 N–H and O–H groups in total. The first-order chi connectivity index (χ1) is 25.2. The summed E-state index contributed by atoms with van der Waals surface area (Å²) in [6.07, 6.45) is 11.6. The smallest absolute Gasteiger partial charge is 0.211 e. The lowest BCUT2D eigenvalue weighted by molar-refractivity contribution is -0.105. The zero-order chi connectivity index (χ0) is 34.1.